The fourth-order valence-electron chi connectivity index (χ4n) is 2.24. The SMILES string of the molecule is Nc1cc(F)ccc1Cn1[nH]c(=O)c2ccccc2c1=O. The van der Waals surface area contributed by atoms with E-state index in [2.05, 4.69) is 5.10 Å². The first-order valence-corrected chi connectivity index (χ1v) is 6.32. The first kappa shape index (κ1) is 13.1. The van der Waals surface area contributed by atoms with Gasteiger partial charge in [-0.2, -0.15) is 0 Å². The number of halogens is 1. The number of nitrogens with one attached hydrogen (secondary N) is 1. The molecule has 0 saturated heterocycles. The van der Waals surface area contributed by atoms with Crippen molar-refractivity contribution in [2.75, 3.05) is 5.73 Å². The second kappa shape index (κ2) is 4.90. The van der Waals surface area contributed by atoms with Crippen molar-refractivity contribution in [3.05, 3.63) is 74.6 Å². The lowest BCUT2D eigenvalue weighted by Gasteiger charge is -2.09. The number of hydrogen-bond acceptors (Lipinski definition) is 3. The van der Waals surface area contributed by atoms with E-state index in [0.29, 0.717) is 16.3 Å². The summed E-state index contributed by atoms with van der Waals surface area (Å²) < 4.78 is 14.2. The number of hydrogen-bond donors (Lipinski definition) is 2. The van der Waals surface area contributed by atoms with Crippen molar-refractivity contribution in [2.45, 2.75) is 6.54 Å². The van der Waals surface area contributed by atoms with Crippen LogP contribution >= 0.6 is 0 Å². The average molecular weight is 285 g/mol. The minimum atomic E-state index is -0.449. The van der Waals surface area contributed by atoms with Gasteiger partial charge in [0.2, 0.25) is 0 Å². The van der Waals surface area contributed by atoms with E-state index in [1.807, 2.05) is 0 Å². The standard InChI is InChI=1S/C15H12FN3O2/c16-10-6-5-9(13(17)7-10)8-19-15(21)12-4-2-1-3-11(12)14(20)18-19/h1-7H,8,17H2,(H,18,20). The smallest absolute Gasteiger partial charge is 0.273 e. The molecule has 0 amide bonds. The molecule has 3 N–H and O–H groups in total. The number of nitrogens with two attached hydrogens (primary N) is 1. The fraction of sp³-hybridized carbons (Fsp3) is 0.0667. The number of anilines is 1. The maximum Gasteiger partial charge on any atom is 0.273 e. The van der Waals surface area contributed by atoms with Gasteiger partial charge in [0.25, 0.3) is 11.1 Å². The molecule has 0 bridgehead atoms. The van der Waals surface area contributed by atoms with Crippen LogP contribution in [0, 0.1) is 5.82 Å². The molecule has 0 aliphatic carbocycles. The van der Waals surface area contributed by atoms with Gasteiger partial charge in [0.15, 0.2) is 0 Å². The molecule has 3 rings (SSSR count). The summed E-state index contributed by atoms with van der Waals surface area (Å²) in [6.45, 7) is 0.0744. The molecule has 1 heterocycles. The van der Waals surface area contributed by atoms with Gasteiger partial charge in [0.1, 0.15) is 5.82 Å². The summed E-state index contributed by atoms with van der Waals surface area (Å²) in [5, 5.41) is 3.18. The molecule has 0 unspecified atom stereocenters. The van der Waals surface area contributed by atoms with Crippen LogP contribution in [-0.4, -0.2) is 9.78 Å². The van der Waals surface area contributed by atoms with E-state index in [-0.39, 0.29) is 23.4 Å². The van der Waals surface area contributed by atoms with E-state index >= 15 is 0 Å². The van der Waals surface area contributed by atoms with Crippen LogP contribution in [0.5, 0.6) is 0 Å². The number of nitrogens with zero attached hydrogens (tertiary/aromatic N) is 1. The predicted molar refractivity (Wildman–Crippen MR) is 78.7 cm³/mol. The minimum Gasteiger partial charge on any atom is -0.398 e. The monoisotopic (exact) mass is 285 g/mol. The van der Waals surface area contributed by atoms with E-state index in [1.54, 1.807) is 24.3 Å². The first-order valence-electron chi connectivity index (χ1n) is 6.32. The highest BCUT2D eigenvalue weighted by Gasteiger charge is 2.08. The third-order valence-corrected chi connectivity index (χ3v) is 3.32. The van der Waals surface area contributed by atoms with Gasteiger partial charge in [0, 0.05) is 5.69 Å². The molecular weight excluding hydrogens is 273 g/mol. The minimum absolute atomic E-state index is 0.0744. The number of nitrogen functional groups attached to an aromatic ring is 1. The molecule has 21 heavy (non-hydrogen) atoms. The Kier molecular flexibility index (Phi) is 3.06. The van der Waals surface area contributed by atoms with E-state index in [9.17, 15) is 14.0 Å². The van der Waals surface area contributed by atoms with Gasteiger partial charge >= 0.3 is 0 Å². The molecule has 0 saturated carbocycles. The topological polar surface area (TPSA) is 80.9 Å². The highest BCUT2D eigenvalue weighted by molar-refractivity contribution is 5.80. The second-order valence-electron chi connectivity index (χ2n) is 4.72. The molecule has 1 aromatic heterocycles. The van der Waals surface area contributed by atoms with Gasteiger partial charge in [-0.1, -0.05) is 18.2 Å². The second-order valence-corrected chi connectivity index (χ2v) is 4.72. The van der Waals surface area contributed by atoms with Crippen LogP contribution in [0.1, 0.15) is 5.56 Å². The Morgan fingerprint density at radius 1 is 1.10 bits per heavy atom. The summed E-state index contributed by atoms with van der Waals surface area (Å²) in [5.74, 6) is -0.449. The molecule has 0 spiro atoms. The molecule has 0 radical (unpaired) electrons. The summed E-state index contributed by atoms with van der Waals surface area (Å²) in [6.07, 6.45) is 0. The maximum atomic E-state index is 13.0. The number of aromatic nitrogens is 2. The maximum absolute atomic E-state index is 13.0. The van der Waals surface area contributed by atoms with Crippen molar-refractivity contribution in [1.29, 1.82) is 0 Å². The zero-order valence-electron chi connectivity index (χ0n) is 11.0. The Hall–Kier alpha value is -2.89. The predicted octanol–water partition coefficient (Wildman–Crippen LogP) is 1.46. The number of H-pyrrole nitrogens is 1. The molecule has 2 aromatic carbocycles. The van der Waals surface area contributed by atoms with Gasteiger partial charge in [-0.15, -0.1) is 0 Å². The van der Waals surface area contributed by atoms with Crippen LogP contribution in [-0.2, 0) is 6.54 Å². The highest BCUT2D eigenvalue weighted by Crippen LogP contribution is 2.14. The summed E-state index contributed by atoms with van der Waals surface area (Å²) >= 11 is 0. The van der Waals surface area contributed by atoms with Crippen LogP contribution in [0.3, 0.4) is 0 Å². The van der Waals surface area contributed by atoms with Crippen molar-refractivity contribution in [1.82, 2.24) is 9.78 Å². The normalized spacial score (nSPS) is 10.9. The van der Waals surface area contributed by atoms with Gasteiger partial charge < -0.3 is 5.73 Å². The van der Waals surface area contributed by atoms with Crippen molar-refractivity contribution >= 4 is 16.5 Å². The zero-order chi connectivity index (χ0) is 15.0. The first-order chi connectivity index (χ1) is 10.1. The van der Waals surface area contributed by atoms with Crippen LogP contribution in [0.4, 0.5) is 10.1 Å². The molecule has 0 fully saturated rings. The molecule has 0 aliphatic rings. The lowest BCUT2D eigenvalue weighted by atomic mass is 10.1. The molecule has 5 nitrogen and oxygen atoms in total. The van der Waals surface area contributed by atoms with Crippen molar-refractivity contribution in [2.24, 2.45) is 0 Å². The Morgan fingerprint density at radius 3 is 2.52 bits per heavy atom. The van der Waals surface area contributed by atoms with Crippen LogP contribution in [0.25, 0.3) is 10.8 Å². The number of benzene rings is 2. The quantitative estimate of drug-likeness (QED) is 0.699. The Morgan fingerprint density at radius 2 is 1.81 bits per heavy atom. The molecular formula is C15H12FN3O2. The van der Waals surface area contributed by atoms with E-state index in [4.69, 9.17) is 5.73 Å². The van der Waals surface area contributed by atoms with Gasteiger partial charge in [-0.25, -0.2) is 9.07 Å². The third kappa shape index (κ3) is 2.31. The van der Waals surface area contributed by atoms with Crippen molar-refractivity contribution in [3.63, 3.8) is 0 Å². The van der Waals surface area contributed by atoms with Crippen LogP contribution < -0.4 is 16.9 Å². The van der Waals surface area contributed by atoms with E-state index in [1.165, 1.54) is 22.9 Å². The number of aromatic amines is 1. The Labute approximate surface area is 118 Å². The van der Waals surface area contributed by atoms with Gasteiger partial charge in [0.05, 0.1) is 17.3 Å². The van der Waals surface area contributed by atoms with Gasteiger partial charge in [-0.3, -0.25) is 14.7 Å². The molecule has 3 aromatic rings. The van der Waals surface area contributed by atoms with E-state index in [0.717, 1.165) is 0 Å². The largest absolute Gasteiger partial charge is 0.398 e. The van der Waals surface area contributed by atoms with Crippen LogP contribution in [0.15, 0.2) is 52.1 Å². The average Bonchev–Trinajstić information content (AvgIpc) is 2.47. The summed E-state index contributed by atoms with van der Waals surface area (Å²) in [4.78, 5) is 24.3. The lowest BCUT2D eigenvalue weighted by molar-refractivity contribution is 0.620. The highest BCUT2D eigenvalue weighted by atomic mass is 19.1. The van der Waals surface area contributed by atoms with E-state index < -0.39 is 5.82 Å². The lowest BCUT2D eigenvalue weighted by Crippen LogP contribution is -2.30. The van der Waals surface area contributed by atoms with Crippen molar-refractivity contribution < 1.29 is 4.39 Å². The van der Waals surface area contributed by atoms with Crippen LogP contribution in [0.2, 0.25) is 0 Å². The third-order valence-electron chi connectivity index (χ3n) is 3.32. The zero-order valence-corrected chi connectivity index (χ0v) is 11.0. The molecule has 0 aliphatic heterocycles. The molecule has 6 heteroatoms. The molecule has 0 atom stereocenters. The fourth-order valence-corrected chi connectivity index (χ4v) is 2.24. The van der Waals surface area contributed by atoms with Crippen molar-refractivity contribution in [3.8, 4) is 0 Å². The Bertz CT molecular complexity index is 944. The number of rotatable bonds is 2. The summed E-state index contributed by atoms with van der Waals surface area (Å²) in [6, 6.07) is 10.5. The Balaban J connectivity index is 2.15. The summed E-state index contributed by atoms with van der Waals surface area (Å²) in [5.41, 5.74) is 5.83. The molecule has 106 valence electrons. The number of fused-ring (bicyclic) bond motifs is 1. The summed E-state index contributed by atoms with van der Waals surface area (Å²) in [7, 11) is 0. The van der Waals surface area contributed by atoms with Gasteiger partial charge in [-0.05, 0) is 29.8 Å².